The standard InChI is InChI=1S/C19H33N6O16P3/c20-18(21)23-8-4-2-1-3-7-22-13(26)6-5-11-9-25(19(30)24-16(11)29)17-15(28)14(27)12(39-17)10-38-43(34,35)41-44(36,37)40-42(31,32)33/h5-6,9,12,14-15,17,27-28H,1-4,7-8,10H2,(H,22,26)(H,34,35)(H,36,37)(H4,20,21,23)(H,24,29,30)(H2,31,32,33)/b6-5+/t12-,14-,15-,17-/m1/s1. The van der Waals surface area contributed by atoms with Gasteiger partial charge in [0.05, 0.1) is 12.2 Å². The zero-order chi connectivity index (χ0) is 33.3. The van der Waals surface area contributed by atoms with E-state index in [0.29, 0.717) is 24.1 Å². The number of H-pyrrole nitrogens is 1. The molecule has 0 aliphatic carbocycles. The third kappa shape index (κ3) is 12.8. The Labute approximate surface area is 247 Å². The minimum atomic E-state index is -5.81. The van der Waals surface area contributed by atoms with E-state index in [9.17, 15) is 48.1 Å². The van der Waals surface area contributed by atoms with Gasteiger partial charge in [0.1, 0.15) is 18.3 Å². The Kier molecular flexibility index (Phi) is 13.8. The Morgan fingerprint density at radius 3 is 2.34 bits per heavy atom. The third-order valence-corrected chi connectivity index (χ3v) is 9.32. The molecule has 25 heteroatoms. The highest BCUT2D eigenvalue weighted by Gasteiger charge is 2.46. The van der Waals surface area contributed by atoms with E-state index in [-0.39, 0.29) is 11.5 Å². The summed E-state index contributed by atoms with van der Waals surface area (Å²) < 4.78 is 51.6. The van der Waals surface area contributed by atoms with Gasteiger partial charge in [0.15, 0.2) is 12.2 Å². The van der Waals surface area contributed by atoms with Crippen LogP contribution in [0.4, 0.5) is 0 Å². The molecule has 1 saturated heterocycles. The SMILES string of the molecule is NC(N)=NCCCCCCNC(=O)/C=C/c1cn([C@@H]2O[C@H](COP(=O)(O)OP(=O)(O)OP(=O)(O)O)[C@@H](O)[C@H]2O)c(=O)[nH]c1=O. The number of aliphatic hydroxyl groups excluding tert-OH is 2. The number of rotatable bonds is 17. The summed E-state index contributed by atoms with van der Waals surface area (Å²) in [5, 5.41) is 23.3. The molecule has 1 aliphatic rings. The molecule has 44 heavy (non-hydrogen) atoms. The summed E-state index contributed by atoms with van der Waals surface area (Å²) in [5.41, 5.74) is 8.22. The zero-order valence-corrected chi connectivity index (χ0v) is 25.3. The molecular weight excluding hydrogens is 661 g/mol. The van der Waals surface area contributed by atoms with Crippen LogP contribution in [0.15, 0.2) is 26.9 Å². The molecule has 1 aromatic heterocycles. The highest BCUT2D eigenvalue weighted by atomic mass is 31.3. The predicted octanol–water partition coefficient (Wildman–Crippen LogP) is -2.54. The summed E-state index contributed by atoms with van der Waals surface area (Å²) in [6.07, 6.45) is -1.12. The van der Waals surface area contributed by atoms with Gasteiger partial charge in [-0.15, -0.1) is 0 Å². The number of nitrogens with two attached hydrogens (primary N) is 2. The Hall–Kier alpha value is -2.55. The average Bonchev–Trinajstić information content (AvgIpc) is 3.14. The fourth-order valence-corrected chi connectivity index (χ4v) is 6.64. The second-order valence-corrected chi connectivity index (χ2v) is 13.4. The second-order valence-electron chi connectivity index (χ2n) is 9.03. The number of unbranched alkanes of at least 4 members (excludes halogenated alkanes) is 3. The van der Waals surface area contributed by atoms with Crippen molar-refractivity contribution in [2.24, 2.45) is 16.5 Å². The Morgan fingerprint density at radius 2 is 1.70 bits per heavy atom. The minimum absolute atomic E-state index is 0.0136. The molecule has 0 saturated carbocycles. The molecule has 1 aromatic rings. The lowest BCUT2D eigenvalue weighted by Gasteiger charge is -2.19. The number of guanidine groups is 1. The molecule has 1 aliphatic heterocycles. The maximum absolute atomic E-state index is 12.4. The van der Waals surface area contributed by atoms with Crippen molar-refractivity contribution in [2.75, 3.05) is 19.7 Å². The van der Waals surface area contributed by atoms with Crippen molar-refractivity contribution < 1.29 is 66.2 Å². The first-order chi connectivity index (χ1) is 20.3. The Balaban J connectivity index is 2.00. The molecule has 1 amide bonds. The summed E-state index contributed by atoms with van der Waals surface area (Å²) in [5.74, 6) is -0.540. The number of phosphoric acid groups is 3. The Morgan fingerprint density at radius 1 is 1.05 bits per heavy atom. The van der Waals surface area contributed by atoms with Gasteiger partial charge in [0.25, 0.3) is 5.56 Å². The molecule has 2 heterocycles. The zero-order valence-electron chi connectivity index (χ0n) is 22.6. The van der Waals surface area contributed by atoms with Crippen molar-refractivity contribution in [3.63, 3.8) is 0 Å². The van der Waals surface area contributed by atoms with Crippen molar-refractivity contribution >= 4 is 41.4 Å². The minimum Gasteiger partial charge on any atom is -0.387 e. The van der Waals surface area contributed by atoms with Crippen LogP contribution in [0.25, 0.3) is 6.08 Å². The fourth-order valence-electron chi connectivity index (χ4n) is 3.61. The van der Waals surface area contributed by atoms with Gasteiger partial charge in [-0.2, -0.15) is 8.62 Å². The third-order valence-electron chi connectivity index (χ3n) is 5.52. The number of aliphatic imine (C=N–C) groups is 1. The lowest BCUT2D eigenvalue weighted by atomic mass is 10.1. The number of hydrogen-bond acceptors (Lipinski definition) is 13. The first-order valence-corrected chi connectivity index (χ1v) is 17.0. The molecule has 1 fully saturated rings. The molecule has 250 valence electrons. The van der Waals surface area contributed by atoms with Crippen LogP contribution in [0.2, 0.25) is 0 Å². The number of hydrogen-bond donors (Lipinski definition) is 10. The van der Waals surface area contributed by atoms with Gasteiger partial charge in [-0.25, -0.2) is 18.5 Å². The van der Waals surface area contributed by atoms with Crippen LogP contribution >= 0.6 is 23.5 Å². The summed E-state index contributed by atoms with van der Waals surface area (Å²) in [6.45, 7) is -0.290. The van der Waals surface area contributed by atoms with E-state index in [2.05, 4.69) is 23.5 Å². The van der Waals surface area contributed by atoms with Gasteiger partial charge >= 0.3 is 29.2 Å². The highest BCUT2D eigenvalue weighted by Crippen LogP contribution is 2.66. The van der Waals surface area contributed by atoms with Crippen LogP contribution in [-0.2, 0) is 36.4 Å². The molecule has 0 bridgehead atoms. The van der Waals surface area contributed by atoms with Gasteiger partial charge in [0.2, 0.25) is 5.91 Å². The van der Waals surface area contributed by atoms with Crippen LogP contribution < -0.4 is 28.0 Å². The van der Waals surface area contributed by atoms with E-state index in [1.54, 1.807) is 0 Å². The quantitative estimate of drug-likeness (QED) is 0.0264. The van der Waals surface area contributed by atoms with Crippen LogP contribution in [-0.4, -0.2) is 89.2 Å². The normalized spacial score (nSPS) is 23.2. The van der Waals surface area contributed by atoms with Crippen molar-refractivity contribution in [3.8, 4) is 0 Å². The molecule has 22 nitrogen and oxygen atoms in total. The highest BCUT2D eigenvalue weighted by molar-refractivity contribution is 7.66. The van der Waals surface area contributed by atoms with E-state index in [1.165, 1.54) is 0 Å². The number of amides is 1. The van der Waals surface area contributed by atoms with Crippen molar-refractivity contribution in [1.29, 1.82) is 0 Å². The summed E-state index contributed by atoms with van der Waals surface area (Å²) in [4.78, 5) is 78.5. The van der Waals surface area contributed by atoms with Crippen LogP contribution in [0.1, 0.15) is 37.5 Å². The van der Waals surface area contributed by atoms with E-state index in [4.69, 9.17) is 26.0 Å². The average molecular weight is 694 g/mol. The fraction of sp³-hybridized carbons (Fsp3) is 0.579. The summed E-state index contributed by atoms with van der Waals surface area (Å²) >= 11 is 0. The van der Waals surface area contributed by atoms with E-state index >= 15 is 0 Å². The van der Waals surface area contributed by atoms with E-state index in [0.717, 1.165) is 37.6 Å². The maximum atomic E-state index is 12.4. The number of carbonyl (C=O) groups excluding carboxylic acids is 1. The van der Waals surface area contributed by atoms with Crippen LogP contribution in [0.3, 0.4) is 0 Å². The number of aliphatic hydroxyl groups is 2. The number of nitrogens with zero attached hydrogens (tertiary/aromatic N) is 2. The largest absolute Gasteiger partial charge is 0.490 e. The number of aromatic nitrogens is 2. The summed E-state index contributed by atoms with van der Waals surface area (Å²) in [6, 6.07) is 0. The van der Waals surface area contributed by atoms with Crippen LogP contribution in [0.5, 0.6) is 0 Å². The molecule has 0 aromatic carbocycles. The van der Waals surface area contributed by atoms with Crippen molar-refractivity contribution in [3.05, 3.63) is 38.7 Å². The number of nitrogens with one attached hydrogen (secondary N) is 2. The molecule has 2 rings (SSSR count). The van der Waals surface area contributed by atoms with Crippen molar-refractivity contribution in [2.45, 2.75) is 50.2 Å². The first kappa shape index (κ1) is 37.6. The first-order valence-electron chi connectivity index (χ1n) is 12.5. The summed E-state index contributed by atoms with van der Waals surface area (Å²) in [7, 11) is -17.0. The molecule has 2 unspecified atom stereocenters. The Bertz CT molecular complexity index is 1470. The molecular formula is C19H33N6O16P3. The maximum Gasteiger partial charge on any atom is 0.490 e. The van der Waals surface area contributed by atoms with Gasteiger partial charge < -0.3 is 51.3 Å². The monoisotopic (exact) mass is 694 g/mol. The topological polar surface area (TPSA) is 358 Å². The van der Waals surface area contributed by atoms with Crippen LogP contribution in [0, 0.1) is 0 Å². The molecule has 0 spiro atoms. The van der Waals surface area contributed by atoms with Gasteiger partial charge in [-0.1, -0.05) is 12.8 Å². The smallest absolute Gasteiger partial charge is 0.387 e. The molecule has 6 atom stereocenters. The van der Waals surface area contributed by atoms with Gasteiger partial charge in [-0.05, 0) is 18.9 Å². The molecule has 0 radical (unpaired) electrons. The van der Waals surface area contributed by atoms with E-state index in [1.807, 2.05) is 4.98 Å². The number of ether oxygens (including phenoxy) is 1. The second kappa shape index (κ2) is 16.1. The number of carbonyl (C=O) groups is 1. The predicted molar refractivity (Wildman–Crippen MR) is 148 cm³/mol. The van der Waals surface area contributed by atoms with E-state index < -0.39 is 71.8 Å². The number of phosphoric ester groups is 1. The molecule has 12 N–H and O–H groups in total. The van der Waals surface area contributed by atoms with Gasteiger partial charge in [0, 0.05) is 25.4 Å². The lowest BCUT2D eigenvalue weighted by Crippen LogP contribution is -2.38. The lowest BCUT2D eigenvalue weighted by molar-refractivity contribution is -0.116. The van der Waals surface area contributed by atoms with Gasteiger partial charge in [-0.3, -0.25) is 28.7 Å². The van der Waals surface area contributed by atoms with Crippen molar-refractivity contribution in [1.82, 2.24) is 14.9 Å². The number of aromatic amines is 1.